The zero-order chi connectivity index (χ0) is 7.56. The maximum Gasteiger partial charge on any atom is 1.00 e. The molecule has 0 fully saturated rings. The molecule has 1 rings (SSSR count). The van der Waals surface area contributed by atoms with Crippen molar-refractivity contribution in [2.45, 2.75) is 33.6 Å². The molecule has 0 amide bonds. The number of rotatable bonds is 1. The largest absolute Gasteiger partial charge is 1.00 e. The molecule has 0 unspecified atom stereocenters. The molecule has 0 aliphatic heterocycles. The third-order valence-electron chi connectivity index (χ3n) is 2.33. The summed E-state index contributed by atoms with van der Waals surface area (Å²) in [5.41, 5.74) is 0. The Hall–Kier alpha value is 0.337. The fourth-order valence-electron chi connectivity index (χ4n) is 1.42. The van der Waals surface area contributed by atoms with E-state index in [9.17, 15) is 0 Å². The Labute approximate surface area is 82.6 Å². The van der Waals surface area contributed by atoms with Crippen LogP contribution in [0.15, 0.2) is 6.08 Å². The van der Waals surface area contributed by atoms with E-state index in [0.29, 0.717) is 0 Å². The Balaban J connectivity index is 0.000001000. The van der Waals surface area contributed by atoms with Gasteiger partial charge in [-0.25, -0.2) is 0 Å². The van der Waals surface area contributed by atoms with E-state index in [2.05, 4.69) is 32.9 Å². The number of allylic oxidation sites excluding steroid dienone is 2. The minimum absolute atomic E-state index is 0. The molecule has 1 aliphatic carbocycles. The van der Waals surface area contributed by atoms with Gasteiger partial charge in [0.25, 0.3) is 0 Å². The van der Waals surface area contributed by atoms with E-state index in [4.69, 9.17) is 0 Å². The second-order valence-corrected chi connectivity index (χ2v) is 3.74. The van der Waals surface area contributed by atoms with Crippen LogP contribution in [0.5, 0.6) is 0 Å². The van der Waals surface area contributed by atoms with Crippen LogP contribution in [-0.2, 0) is 0 Å². The van der Waals surface area contributed by atoms with Gasteiger partial charge in [0.15, 0.2) is 0 Å². The Morgan fingerprint density at radius 2 is 2.00 bits per heavy atom. The first-order chi connectivity index (χ1) is 4.70. The van der Waals surface area contributed by atoms with Crippen LogP contribution in [-0.4, -0.2) is 0 Å². The van der Waals surface area contributed by atoms with Crippen LogP contribution in [0.3, 0.4) is 0 Å². The van der Waals surface area contributed by atoms with Crippen molar-refractivity contribution < 1.29 is 18.9 Å². The molecule has 58 valence electrons. The van der Waals surface area contributed by atoms with Crippen molar-refractivity contribution >= 4 is 0 Å². The van der Waals surface area contributed by atoms with Gasteiger partial charge in [0.05, 0.1) is 0 Å². The molecular weight excluding hydrogens is 127 g/mol. The first kappa shape index (κ1) is 11.3. The normalized spacial score (nSPS) is 30.2. The van der Waals surface area contributed by atoms with Gasteiger partial charge in [-0.1, -0.05) is 45.4 Å². The SMILES string of the molecule is CC(C)[C@H]1[C-]=C[C@H](C)CC1.[Li+]. The summed E-state index contributed by atoms with van der Waals surface area (Å²) in [7, 11) is 0. The second kappa shape index (κ2) is 5.07. The fourth-order valence-corrected chi connectivity index (χ4v) is 1.42. The van der Waals surface area contributed by atoms with Gasteiger partial charge in [0, 0.05) is 0 Å². The van der Waals surface area contributed by atoms with Gasteiger partial charge in [0.1, 0.15) is 0 Å². The molecule has 0 radical (unpaired) electrons. The smallest absolute Gasteiger partial charge is 0.497 e. The van der Waals surface area contributed by atoms with Crippen LogP contribution < -0.4 is 18.9 Å². The van der Waals surface area contributed by atoms with E-state index >= 15 is 0 Å². The first-order valence-corrected chi connectivity index (χ1v) is 4.29. The topological polar surface area (TPSA) is 0 Å². The van der Waals surface area contributed by atoms with Crippen molar-refractivity contribution in [2.24, 2.45) is 17.8 Å². The summed E-state index contributed by atoms with van der Waals surface area (Å²) in [6, 6.07) is 0. The first-order valence-electron chi connectivity index (χ1n) is 4.29. The van der Waals surface area contributed by atoms with E-state index < -0.39 is 0 Å². The predicted octanol–water partition coefficient (Wildman–Crippen LogP) is 0.0519. The number of hydrogen-bond acceptors (Lipinski definition) is 0. The van der Waals surface area contributed by atoms with Crippen molar-refractivity contribution in [3.63, 3.8) is 0 Å². The third-order valence-corrected chi connectivity index (χ3v) is 2.33. The Bertz CT molecular complexity index is 127. The molecule has 0 aromatic rings. The summed E-state index contributed by atoms with van der Waals surface area (Å²) < 4.78 is 0. The zero-order valence-electron chi connectivity index (χ0n) is 8.22. The fraction of sp³-hybridized carbons (Fsp3) is 0.800. The molecule has 0 N–H and O–H groups in total. The molecular formula is C10H17Li. The van der Waals surface area contributed by atoms with Gasteiger partial charge in [-0.2, -0.15) is 5.92 Å². The molecule has 0 saturated carbocycles. The summed E-state index contributed by atoms with van der Waals surface area (Å²) >= 11 is 0. The Kier molecular flexibility index (Phi) is 5.22. The third kappa shape index (κ3) is 3.50. The molecule has 0 saturated heterocycles. The van der Waals surface area contributed by atoms with Gasteiger partial charge in [0.2, 0.25) is 0 Å². The average Bonchev–Trinajstić information content (AvgIpc) is 1.88. The van der Waals surface area contributed by atoms with Crippen molar-refractivity contribution in [1.82, 2.24) is 0 Å². The van der Waals surface area contributed by atoms with E-state index in [1.54, 1.807) is 0 Å². The second-order valence-electron chi connectivity index (χ2n) is 3.74. The molecule has 0 spiro atoms. The van der Waals surface area contributed by atoms with E-state index in [1.807, 2.05) is 0 Å². The van der Waals surface area contributed by atoms with Gasteiger partial charge < -0.3 is 6.08 Å². The molecule has 0 heterocycles. The van der Waals surface area contributed by atoms with Crippen molar-refractivity contribution in [1.29, 1.82) is 0 Å². The maximum absolute atomic E-state index is 3.44. The predicted molar refractivity (Wildman–Crippen MR) is 44.5 cm³/mol. The summed E-state index contributed by atoms with van der Waals surface area (Å²) in [4.78, 5) is 0. The quantitative estimate of drug-likeness (QED) is 0.360. The molecule has 1 aliphatic rings. The molecule has 1 heteroatoms. The Morgan fingerprint density at radius 1 is 1.36 bits per heavy atom. The molecule has 11 heavy (non-hydrogen) atoms. The molecule has 0 aromatic carbocycles. The van der Waals surface area contributed by atoms with Crippen LogP contribution in [0.4, 0.5) is 0 Å². The summed E-state index contributed by atoms with van der Waals surface area (Å²) in [5, 5.41) is 0. The maximum atomic E-state index is 3.44. The minimum Gasteiger partial charge on any atom is -0.497 e. The van der Waals surface area contributed by atoms with Crippen molar-refractivity contribution in [3.05, 3.63) is 12.2 Å². The van der Waals surface area contributed by atoms with E-state index in [0.717, 1.165) is 17.8 Å². The monoisotopic (exact) mass is 144 g/mol. The van der Waals surface area contributed by atoms with Crippen LogP contribution in [0.1, 0.15) is 33.6 Å². The minimum atomic E-state index is 0. The zero-order valence-corrected chi connectivity index (χ0v) is 8.22. The van der Waals surface area contributed by atoms with Gasteiger partial charge in [-0.05, 0) is 0 Å². The van der Waals surface area contributed by atoms with E-state index in [-0.39, 0.29) is 18.9 Å². The van der Waals surface area contributed by atoms with E-state index in [1.165, 1.54) is 12.8 Å². The van der Waals surface area contributed by atoms with Gasteiger partial charge in [-0.15, -0.1) is 0 Å². The standard InChI is InChI=1S/C10H17.Li/c1-8(2)10-6-4-9(3)5-7-10;/h4,8-10H,5,7H2,1-3H3;/q-1;+1/t9-,10-;/m0./s1. The summed E-state index contributed by atoms with van der Waals surface area (Å²) in [6.45, 7) is 6.83. The molecule has 0 bridgehead atoms. The number of hydrogen-bond donors (Lipinski definition) is 0. The van der Waals surface area contributed by atoms with Crippen LogP contribution in [0.2, 0.25) is 0 Å². The molecule has 2 atom stereocenters. The molecule has 0 aromatic heterocycles. The van der Waals surface area contributed by atoms with Gasteiger partial charge >= 0.3 is 18.9 Å². The van der Waals surface area contributed by atoms with Crippen LogP contribution in [0, 0.1) is 23.8 Å². The average molecular weight is 144 g/mol. The Morgan fingerprint density at radius 3 is 2.36 bits per heavy atom. The van der Waals surface area contributed by atoms with Gasteiger partial charge in [-0.3, -0.25) is 6.08 Å². The molecule has 0 nitrogen and oxygen atoms in total. The van der Waals surface area contributed by atoms with Crippen LogP contribution in [0.25, 0.3) is 0 Å². The summed E-state index contributed by atoms with van der Waals surface area (Å²) in [5.74, 6) is 2.29. The van der Waals surface area contributed by atoms with Crippen LogP contribution >= 0.6 is 0 Å². The van der Waals surface area contributed by atoms with Crippen molar-refractivity contribution in [3.8, 4) is 0 Å². The van der Waals surface area contributed by atoms with Crippen molar-refractivity contribution in [2.75, 3.05) is 0 Å². The summed E-state index contributed by atoms with van der Waals surface area (Å²) in [6.07, 6.45) is 8.39.